The summed E-state index contributed by atoms with van der Waals surface area (Å²) in [7, 11) is 1.60. The van der Waals surface area contributed by atoms with Gasteiger partial charge < -0.3 is 24.3 Å². The van der Waals surface area contributed by atoms with Crippen LogP contribution in [0.15, 0.2) is 28.9 Å². The lowest BCUT2D eigenvalue weighted by atomic mass is 10.2. The molecular weight excluding hydrogens is 300 g/mol. The molecule has 23 heavy (non-hydrogen) atoms. The molecule has 0 saturated carbocycles. The number of anilines is 1. The minimum absolute atomic E-state index is 0.328. The smallest absolute Gasteiger partial charge is 0.260 e. The van der Waals surface area contributed by atoms with Crippen molar-refractivity contribution in [1.82, 2.24) is 15.1 Å². The summed E-state index contributed by atoms with van der Waals surface area (Å²) < 4.78 is 15.3. The molecule has 8 nitrogen and oxygen atoms in total. The average molecular weight is 316 g/mol. The van der Waals surface area contributed by atoms with Crippen LogP contribution in [-0.2, 0) is 4.74 Å². The van der Waals surface area contributed by atoms with Gasteiger partial charge in [0.1, 0.15) is 17.9 Å². The number of carbonyl (C=O) groups is 1. The van der Waals surface area contributed by atoms with Crippen LogP contribution in [0.5, 0.6) is 5.88 Å². The minimum atomic E-state index is -0.328. The highest BCUT2D eigenvalue weighted by atomic mass is 16.5. The van der Waals surface area contributed by atoms with Gasteiger partial charge in [0.05, 0.1) is 17.7 Å². The van der Waals surface area contributed by atoms with Gasteiger partial charge in [-0.25, -0.2) is 4.98 Å². The number of pyridine rings is 1. The van der Waals surface area contributed by atoms with E-state index in [2.05, 4.69) is 20.4 Å². The second-order valence-electron chi connectivity index (χ2n) is 4.87. The topological polar surface area (TPSA) is 102 Å². The molecule has 0 fully saturated rings. The first-order chi connectivity index (χ1) is 11.2. The largest absolute Gasteiger partial charge is 0.475 e. The lowest BCUT2D eigenvalue weighted by molar-refractivity contribution is 0.102. The zero-order valence-corrected chi connectivity index (χ0v) is 12.8. The molecule has 0 aliphatic heterocycles. The zero-order chi connectivity index (χ0) is 16.2. The van der Waals surface area contributed by atoms with Crippen LogP contribution in [-0.4, -0.2) is 41.4 Å². The Balaban J connectivity index is 1.82. The van der Waals surface area contributed by atoms with E-state index in [-0.39, 0.29) is 5.91 Å². The van der Waals surface area contributed by atoms with E-state index in [9.17, 15) is 4.79 Å². The summed E-state index contributed by atoms with van der Waals surface area (Å²) in [6, 6.07) is 5.18. The fourth-order valence-corrected chi connectivity index (χ4v) is 2.07. The number of fused-ring (bicyclic) bond motifs is 1. The van der Waals surface area contributed by atoms with Crippen LogP contribution in [0.3, 0.4) is 0 Å². The molecule has 0 aromatic carbocycles. The zero-order valence-electron chi connectivity index (χ0n) is 12.8. The van der Waals surface area contributed by atoms with Crippen molar-refractivity contribution >= 4 is 22.8 Å². The minimum Gasteiger partial charge on any atom is -0.475 e. The number of hydrogen-bond acceptors (Lipinski definition) is 6. The summed E-state index contributed by atoms with van der Waals surface area (Å²) in [5, 5.41) is 6.40. The standard InChI is InChI=1S/C15H16N4O4/c1-9-7-12(19-23-9)17-15(20)10-8-16-11-3-4-13(18-14(10)11)22-6-5-21-2/h3-4,7-8,16H,5-6H2,1-2H3,(H,17,19,20). The Morgan fingerprint density at radius 1 is 1.39 bits per heavy atom. The molecule has 8 heteroatoms. The molecule has 0 unspecified atom stereocenters. The third-order valence-corrected chi connectivity index (χ3v) is 3.15. The van der Waals surface area contributed by atoms with Gasteiger partial charge in [-0.3, -0.25) is 4.79 Å². The summed E-state index contributed by atoms with van der Waals surface area (Å²) in [5.74, 6) is 1.08. The second kappa shape index (κ2) is 6.49. The molecule has 0 aliphatic carbocycles. The first kappa shape index (κ1) is 15.0. The number of nitrogens with zero attached hydrogens (tertiary/aromatic N) is 2. The SMILES string of the molecule is COCCOc1ccc2[nH]cc(C(=O)Nc3cc(C)on3)c2n1. The summed E-state index contributed by atoms with van der Waals surface area (Å²) in [5.41, 5.74) is 1.67. The summed E-state index contributed by atoms with van der Waals surface area (Å²) >= 11 is 0. The van der Waals surface area contributed by atoms with Crippen molar-refractivity contribution in [2.24, 2.45) is 0 Å². The van der Waals surface area contributed by atoms with Crippen LogP contribution in [0.4, 0.5) is 5.82 Å². The van der Waals surface area contributed by atoms with E-state index in [1.807, 2.05) is 6.07 Å². The summed E-state index contributed by atoms with van der Waals surface area (Å²) in [6.45, 7) is 2.60. The van der Waals surface area contributed by atoms with E-state index in [1.54, 1.807) is 32.4 Å². The molecule has 3 aromatic heterocycles. The van der Waals surface area contributed by atoms with Gasteiger partial charge in [0.25, 0.3) is 5.91 Å². The fraction of sp³-hybridized carbons (Fsp3) is 0.267. The lowest BCUT2D eigenvalue weighted by Crippen LogP contribution is -2.12. The number of carbonyl (C=O) groups excluding carboxylic acids is 1. The van der Waals surface area contributed by atoms with Gasteiger partial charge in [0, 0.05) is 25.4 Å². The molecule has 0 radical (unpaired) electrons. The Hall–Kier alpha value is -2.87. The number of rotatable bonds is 6. The summed E-state index contributed by atoms with van der Waals surface area (Å²) in [6.07, 6.45) is 1.60. The molecule has 0 aliphatic rings. The van der Waals surface area contributed by atoms with Gasteiger partial charge >= 0.3 is 0 Å². The lowest BCUT2D eigenvalue weighted by Gasteiger charge is -2.05. The first-order valence-electron chi connectivity index (χ1n) is 7.02. The number of hydrogen-bond donors (Lipinski definition) is 2. The van der Waals surface area contributed by atoms with Crippen molar-refractivity contribution in [2.45, 2.75) is 6.92 Å². The van der Waals surface area contributed by atoms with E-state index < -0.39 is 0 Å². The molecule has 0 atom stereocenters. The third-order valence-electron chi connectivity index (χ3n) is 3.15. The van der Waals surface area contributed by atoms with Crippen molar-refractivity contribution in [3.63, 3.8) is 0 Å². The quantitative estimate of drug-likeness (QED) is 0.675. The second-order valence-corrected chi connectivity index (χ2v) is 4.87. The number of H-pyrrole nitrogens is 1. The Kier molecular flexibility index (Phi) is 4.24. The number of amides is 1. The fourth-order valence-electron chi connectivity index (χ4n) is 2.07. The molecule has 2 N–H and O–H groups in total. The van der Waals surface area contributed by atoms with E-state index >= 15 is 0 Å². The Morgan fingerprint density at radius 2 is 2.26 bits per heavy atom. The van der Waals surface area contributed by atoms with E-state index in [0.29, 0.717) is 41.8 Å². The van der Waals surface area contributed by atoms with Crippen molar-refractivity contribution in [2.75, 3.05) is 25.6 Å². The molecule has 1 amide bonds. The molecule has 120 valence electrons. The highest BCUT2D eigenvalue weighted by Crippen LogP contribution is 2.21. The first-order valence-corrected chi connectivity index (χ1v) is 7.02. The maximum Gasteiger partial charge on any atom is 0.260 e. The molecule has 0 spiro atoms. The van der Waals surface area contributed by atoms with E-state index in [4.69, 9.17) is 14.0 Å². The van der Waals surface area contributed by atoms with Crippen LogP contribution in [0.25, 0.3) is 11.0 Å². The number of aryl methyl sites for hydroxylation is 1. The Bertz CT molecular complexity index is 824. The van der Waals surface area contributed by atoms with Gasteiger partial charge in [0.15, 0.2) is 5.82 Å². The average Bonchev–Trinajstić information content (AvgIpc) is 3.13. The monoisotopic (exact) mass is 316 g/mol. The van der Waals surface area contributed by atoms with Gasteiger partial charge in [-0.1, -0.05) is 5.16 Å². The summed E-state index contributed by atoms with van der Waals surface area (Å²) in [4.78, 5) is 19.7. The van der Waals surface area contributed by atoms with Crippen LogP contribution in [0.2, 0.25) is 0 Å². The maximum absolute atomic E-state index is 12.4. The molecule has 3 aromatic rings. The molecule has 3 rings (SSSR count). The highest BCUT2D eigenvalue weighted by molar-refractivity contribution is 6.11. The molecule has 0 saturated heterocycles. The van der Waals surface area contributed by atoms with Crippen molar-refractivity contribution in [3.05, 3.63) is 35.7 Å². The predicted octanol–water partition coefficient (Wildman–Crippen LogP) is 2.14. The molecule has 0 bridgehead atoms. The van der Waals surface area contributed by atoms with E-state index in [1.165, 1.54) is 0 Å². The normalized spacial score (nSPS) is 10.9. The highest BCUT2D eigenvalue weighted by Gasteiger charge is 2.15. The number of aromatic nitrogens is 3. The molecular formula is C15H16N4O4. The number of aromatic amines is 1. The van der Waals surface area contributed by atoms with Crippen molar-refractivity contribution in [3.8, 4) is 5.88 Å². The third kappa shape index (κ3) is 3.32. The maximum atomic E-state index is 12.4. The number of nitrogens with one attached hydrogen (secondary N) is 2. The van der Waals surface area contributed by atoms with Gasteiger partial charge in [-0.15, -0.1) is 0 Å². The Labute approximate surface area is 131 Å². The van der Waals surface area contributed by atoms with Crippen molar-refractivity contribution < 1.29 is 18.8 Å². The van der Waals surface area contributed by atoms with E-state index in [0.717, 1.165) is 5.52 Å². The Morgan fingerprint density at radius 3 is 3.00 bits per heavy atom. The van der Waals surface area contributed by atoms with Crippen LogP contribution >= 0.6 is 0 Å². The predicted molar refractivity (Wildman–Crippen MR) is 82.7 cm³/mol. The van der Waals surface area contributed by atoms with Crippen LogP contribution < -0.4 is 10.1 Å². The van der Waals surface area contributed by atoms with Gasteiger partial charge in [-0.05, 0) is 13.0 Å². The van der Waals surface area contributed by atoms with Crippen LogP contribution in [0, 0.1) is 6.92 Å². The van der Waals surface area contributed by atoms with Crippen molar-refractivity contribution in [1.29, 1.82) is 0 Å². The van der Waals surface area contributed by atoms with Crippen LogP contribution in [0.1, 0.15) is 16.1 Å². The number of ether oxygens (including phenoxy) is 2. The number of methoxy groups -OCH3 is 1. The van der Waals surface area contributed by atoms with Gasteiger partial charge in [0.2, 0.25) is 5.88 Å². The van der Waals surface area contributed by atoms with Gasteiger partial charge in [-0.2, -0.15) is 0 Å². The molecule has 3 heterocycles.